The fourth-order valence-corrected chi connectivity index (χ4v) is 2.35. The van der Waals surface area contributed by atoms with Gasteiger partial charge in [0.15, 0.2) is 5.06 Å². The van der Waals surface area contributed by atoms with Crippen LogP contribution in [0.3, 0.4) is 0 Å². The zero-order valence-corrected chi connectivity index (χ0v) is 9.91. The van der Waals surface area contributed by atoms with Crippen LogP contribution in [0.1, 0.15) is 24.6 Å². The third-order valence-electron chi connectivity index (χ3n) is 1.94. The topological polar surface area (TPSA) is 9.23 Å². The Hall–Kier alpha value is -0.0200. The van der Waals surface area contributed by atoms with Gasteiger partial charge in [0.1, 0.15) is 0 Å². The van der Waals surface area contributed by atoms with Crippen LogP contribution in [-0.4, -0.2) is 11.9 Å². The SMILES string of the molecule is COc1ccc(C(C)C(C)Br)s1. The van der Waals surface area contributed by atoms with E-state index in [1.165, 1.54) is 4.88 Å². The van der Waals surface area contributed by atoms with Crippen molar-refractivity contribution in [1.82, 2.24) is 0 Å². The Balaban J connectivity index is 2.74. The lowest BCUT2D eigenvalue weighted by atomic mass is 10.1. The number of thiophene rings is 1. The number of rotatable bonds is 3. The van der Waals surface area contributed by atoms with E-state index in [0.29, 0.717) is 10.7 Å². The van der Waals surface area contributed by atoms with Crippen LogP contribution in [0, 0.1) is 0 Å². The van der Waals surface area contributed by atoms with Gasteiger partial charge in [-0.25, -0.2) is 0 Å². The van der Waals surface area contributed by atoms with Crippen LogP contribution in [0.4, 0.5) is 0 Å². The first-order chi connectivity index (χ1) is 5.65. The summed E-state index contributed by atoms with van der Waals surface area (Å²) in [6.45, 7) is 4.38. The molecule has 1 nitrogen and oxygen atoms in total. The summed E-state index contributed by atoms with van der Waals surface area (Å²) in [5, 5.41) is 0.991. The van der Waals surface area contributed by atoms with Gasteiger partial charge in [0, 0.05) is 15.6 Å². The highest BCUT2D eigenvalue weighted by Gasteiger charge is 2.13. The molecule has 0 radical (unpaired) electrons. The van der Waals surface area contributed by atoms with Gasteiger partial charge in [0.25, 0.3) is 0 Å². The van der Waals surface area contributed by atoms with Crippen LogP contribution in [-0.2, 0) is 0 Å². The number of methoxy groups -OCH3 is 1. The third kappa shape index (κ3) is 2.23. The van der Waals surface area contributed by atoms with Crippen molar-refractivity contribution in [2.75, 3.05) is 7.11 Å². The minimum absolute atomic E-state index is 0.515. The molecular formula is C9H13BrOS. The minimum Gasteiger partial charge on any atom is -0.487 e. The number of halogens is 1. The van der Waals surface area contributed by atoms with Crippen molar-refractivity contribution in [1.29, 1.82) is 0 Å². The second kappa shape index (κ2) is 4.28. The van der Waals surface area contributed by atoms with E-state index in [9.17, 15) is 0 Å². The lowest BCUT2D eigenvalue weighted by molar-refractivity contribution is 0.427. The van der Waals surface area contributed by atoms with Gasteiger partial charge in [-0.15, -0.1) is 11.3 Å². The largest absolute Gasteiger partial charge is 0.487 e. The molecule has 2 unspecified atom stereocenters. The molecule has 0 bridgehead atoms. The van der Waals surface area contributed by atoms with Gasteiger partial charge in [-0.05, 0) is 12.1 Å². The maximum Gasteiger partial charge on any atom is 0.173 e. The maximum atomic E-state index is 5.13. The number of ether oxygens (including phenoxy) is 1. The molecule has 3 heteroatoms. The second-order valence-corrected chi connectivity index (χ2v) is 5.35. The van der Waals surface area contributed by atoms with Crippen LogP contribution in [0.5, 0.6) is 5.06 Å². The highest BCUT2D eigenvalue weighted by Crippen LogP contribution is 2.33. The summed E-state index contributed by atoms with van der Waals surface area (Å²) in [6.07, 6.45) is 0. The van der Waals surface area contributed by atoms with Crippen molar-refractivity contribution < 1.29 is 4.74 Å². The molecular weight excluding hydrogens is 236 g/mol. The molecule has 0 N–H and O–H groups in total. The molecule has 0 aliphatic carbocycles. The Morgan fingerprint density at radius 3 is 2.50 bits per heavy atom. The van der Waals surface area contributed by atoms with Crippen molar-refractivity contribution in [3.8, 4) is 5.06 Å². The first-order valence-corrected chi connectivity index (χ1v) is 5.66. The van der Waals surface area contributed by atoms with E-state index in [1.807, 2.05) is 6.07 Å². The molecule has 68 valence electrons. The summed E-state index contributed by atoms with van der Waals surface area (Å²) < 4.78 is 5.13. The molecule has 0 fully saturated rings. The van der Waals surface area contributed by atoms with Gasteiger partial charge >= 0.3 is 0 Å². The summed E-state index contributed by atoms with van der Waals surface area (Å²) >= 11 is 5.29. The lowest BCUT2D eigenvalue weighted by Crippen LogP contribution is -2.01. The Morgan fingerprint density at radius 1 is 1.42 bits per heavy atom. The van der Waals surface area contributed by atoms with Gasteiger partial charge in [-0.3, -0.25) is 0 Å². The Kier molecular flexibility index (Phi) is 3.59. The average molecular weight is 249 g/mol. The van der Waals surface area contributed by atoms with Crippen molar-refractivity contribution in [3.05, 3.63) is 17.0 Å². The monoisotopic (exact) mass is 248 g/mol. The van der Waals surface area contributed by atoms with Crippen LogP contribution in [0.2, 0.25) is 0 Å². The molecule has 1 rings (SSSR count). The van der Waals surface area contributed by atoms with E-state index >= 15 is 0 Å². The number of hydrogen-bond donors (Lipinski definition) is 0. The zero-order valence-electron chi connectivity index (χ0n) is 7.50. The van der Waals surface area contributed by atoms with Crippen LogP contribution in [0.25, 0.3) is 0 Å². The van der Waals surface area contributed by atoms with E-state index in [1.54, 1.807) is 18.4 Å². The lowest BCUT2D eigenvalue weighted by Gasteiger charge is -2.10. The fraction of sp³-hybridized carbons (Fsp3) is 0.556. The summed E-state index contributed by atoms with van der Waals surface area (Å²) in [5.41, 5.74) is 0. The third-order valence-corrected chi connectivity index (χ3v) is 3.98. The van der Waals surface area contributed by atoms with E-state index < -0.39 is 0 Å². The summed E-state index contributed by atoms with van der Waals surface area (Å²) in [7, 11) is 1.71. The predicted molar refractivity (Wildman–Crippen MR) is 57.7 cm³/mol. The van der Waals surface area contributed by atoms with E-state index in [4.69, 9.17) is 4.74 Å². The van der Waals surface area contributed by atoms with Crippen LogP contribution in [0.15, 0.2) is 12.1 Å². The smallest absolute Gasteiger partial charge is 0.173 e. The Morgan fingerprint density at radius 2 is 2.08 bits per heavy atom. The van der Waals surface area contributed by atoms with Crippen molar-refractivity contribution in [2.45, 2.75) is 24.6 Å². The quantitative estimate of drug-likeness (QED) is 0.743. The number of hydrogen-bond acceptors (Lipinski definition) is 2. The van der Waals surface area contributed by atoms with Crippen LogP contribution < -0.4 is 4.74 Å². The fourth-order valence-electron chi connectivity index (χ4n) is 0.915. The van der Waals surface area contributed by atoms with E-state index in [0.717, 1.165) is 5.06 Å². The Bertz CT molecular complexity index is 244. The molecule has 1 aromatic heterocycles. The first kappa shape index (κ1) is 10.1. The average Bonchev–Trinajstić information content (AvgIpc) is 2.50. The molecule has 0 aromatic carbocycles. The molecule has 0 amide bonds. The highest BCUT2D eigenvalue weighted by atomic mass is 79.9. The van der Waals surface area contributed by atoms with Crippen molar-refractivity contribution in [3.63, 3.8) is 0 Å². The first-order valence-electron chi connectivity index (χ1n) is 3.93. The summed E-state index contributed by atoms with van der Waals surface area (Å²) in [5.74, 6) is 0.555. The number of alkyl halides is 1. The van der Waals surface area contributed by atoms with Gasteiger partial charge in [-0.1, -0.05) is 29.8 Å². The molecule has 0 saturated heterocycles. The van der Waals surface area contributed by atoms with Crippen molar-refractivity contribution in [2.24, 2.45) is 0 Å². The summed E-state index contributed by atoms with van der Waals surface area (Å²) in [4.78, 5) is 1.89. The Labute approximate surface area is 85.9 Å². The molecule has 2 atom stereocenters. The standard InChI is InChI=1S/C9H13BrOS/c1-6(7(2)10)8-4-5-9(11-3)12-8/h4-7H,1-3H3. The van der Waals surface area contributed by atoms with Crippen molar-refractivity contribution >= 4 is 27.3 Å². The maximum absolute atomic E-state index is 5.13. The molecule has 1 heterocycles. The molecule has 12 heavy (non-hydrogen) atoms. The predicted octanol–water partition coefficient (Wildman–Crippen LogP) is 3.64. The molecule has 0 spiro atoms. The van der Waals surface area contributed by atoms with E-state index in [2.05, 4.69) is 35.8 Å². The molecule has 1 aromatic rings. The minimum atomic E-state index is 0.515. The zero-order chi connectivity index (χ0) is 9.14. The summed E-state index contributed by atoms with van der Waals surface area (Å²) in [6, 6.07) is 4.15. The normalized spacial score (nSPS) is 15.7. The second-order valence-electron chi connectivity index (χ2n) is 2.83. The molecule has 0 aliphatic heterocycles. The van der Waals surface area contributed by atoms with Crippen LogP contribution >= 0.6 is 27.3 Å². The van der Waals surface area contributed by atoms with Gasteiger partial charge in [0.2, 0.25) is 0 Å². The van der Waals surface area contributed by atoms with Gasteiger partial charge in [0.05, 0.1) is 7.11 Å². The highest BCUT2D eigenvalue weighted by molar-refractivity contribution is 9.09. The molecule has 0 aliphatic rings. The van der Waals surface area contributed by atoms with Gasteiger partial charge < -0.3 is 4.74 Å². The molecule has 0 saturated carbocycles. The van der Waals surface area contributed by atoms with E-state index in [-0.39, 0.29) is 0 Å². The van der Waals surface area contributed by atoms with Gasteiger partial charge in [-0.2, -0.15) is 0 Å².